The average Bonchev–Trinajstić information content (AvgIpc) is 3.38. The van der Waals surface area contributed by atoms with Crippen LogP contribution in [0.2, 0.25) is 0 Å². The highest BCUT2D eigenvalue weighted by molar-refractivity contribution is 5.34. The predicted octanol–water partition coefficient (Wildman–Crippen LogP) is 3.12. The fourth-order valence-electron chi connectivity index (χ4n) is 14.0. The highest BCUT2D eigenvalue weighted by atomic mass is 16.8. The number of hydrogen-bond donors (Lipinski definition) is 5. The molecule has 0 aromatic rings. The summed E-state index contributed by atoms with van der Waals surface area (Å²) in [6, 6.07) is 0. The van der Waals surface area contributed by atoms with Crippen LogP contribution in [0.4, 0.5) is 0 Å². The SMILES string of the molecule is C[C@@H]1C[C@H]2O[C@]3(C[C@@]4(C)[C@@H]5[C@@H](O)C[C@H]6C(C)(C)[C@@H](O[C@H]7OC[C@@H](O)[C@@H](O)[C@H]7O)CC[C@@]67C[C@@]57CC[C@]4(C)[C@@H]13)O[C@@H]2C(C)(C)O. The Morgan fingerprint density at radius 2 is 1.52 bits per heavy atom. The van der Waals surface area contributed by atoms with Crippen LogP contribution in [-0.2, 0) is 18.9 Å². The van der Waals surface area contributed by atoms with Gasteiger partial charge < -0.3 is 44.5 Å². The van der Waals surface area contributed by atoms with Crippen molar-refractivity contribution in [1.29, 1.82) is 0 Å². The molecule has 2 bridgehead atoms. The molecule has 3 heterocycles. The molecule has 0 aromatic carbocycles. The normalized spacial score (nSPS) is 62.2. The van der Waals surface area contributed by atoms with Crippen LogP contribution in [0, 0.1) is 50.7 Å². The Labute approximate surface area is 262 Å². The Morgan fingerprint density at radius 3 is 2.23 bits per heavy atom. The largest absolute Gasteiger partial charge is 0.393 e. The number of hydrogen-bond acceptors (Lipinski definition) is 9. The molecule has 44 heavy (non-hydrogen) atoms. The molecule has 0 radical (unpaired) electrons. The van der Waals surface area contributed by atoms with Gasteiger partial charge in [0.2, 0.25) is 0 Å². The first kappa shape index (κ1) is 30.9. The molecule has 8 rings (SSSR count). The molecule has 5 saturated carbocycles. The lowest BCUT2D eigenvalue weighted by Crippen LogP contribution is -2.63. The van der Waals surface area contributed by atoms with E-state index in [9.17, 15) is 25.5 Å². The summed E-state index contributed by atoms with van der Waals surface area (Å²) in [4.78, 5) is 0. The maximum Gasteiger partial charge on any atom is 0.186 e. The second-order valence-corrected chi connectivity index (χ2v) is 18.4. The van der Waals surface area contributed by atoms with E-state index in [1.807, 2.05) is 13.8 Å². The first-order valence-electron chi connectivity index (χ1n) is 17.4. The van der Waals surface area contributed by atoms with Gasteiger partial charge in [-0.1, -0.05) is 34.6 Å². The summed E-state index contributed by atoms with van der Waals surface area (Å²) in [6.07, 6.45) is 1.70. The molecule has 5 N–H and O–H groups in total. The third kappa shape index (κ3) is 3.53. The van der Waals surface area contributed by atoms with E-state index in [1.54, 1.807) is 0 Å². The molecule has 9 heteroatoms. The predicted molar refractivity (Wildman–Crippen MR) is 159 cm³/mol. The van der Waals surface area contributed by atoms with Crippen LogP contribution in [0.25, 0.3) is 0 Å². The van der Waals surface area contributed by atoms with Crippen molar-refractivity contribution in [3.8, 4) is 0 Å². The molecule has 17 atom stereocenters. The molecule has 250 valence electrons. The van der Waals surface area contributed by atoms with Gasteiger partial charge in [-0.25, -0.2) is 0 Å². The molecule has 3 saturated heterocycles. The van der Waals surface area contributed by atoms with Crippen LogP contribution in [-0.4, -0.2) is 92.5 Å². The fourth-order valence-corrected chi connectivity index (χ4v) is 14.0. The van der Waals surface area contributed by atoms with E-state index in [2.05, 4.69) is 34.6 Å². The van der Waals surface area contributed by atoms with Crippen molar-refractivity contribution < 1.29 is 44.5 Å². The van der Waals surface area contributed by atoms with Gasteiger partial charge in [0.1, 0.15) is 24.4 Å². The van der Waals surface area contributed by atoms with Gasteiger partial charge in [0, 0.05) is 12.3 Å². The second kappa shape index (κ2) is 9.00. The number of fused-ring (bicyclic) bond motifs is 4. The fraction of sp³-hybridized carbons (Fsp3) is 1.00. The van der Waals surface area contributed by atoms with E-state index < -0.39 is 42.1 Å². The molecule has 0 amide bonds. The average molecular weight is 621 g/mol. The first-order chi connectivity index (χ1) is 20.4. The van der Waals surface area contributed by atoms with Crippen LogP contribution in [0.1, 0.15) is 99.8 Å². The number of ether oxygens (including phenoxy) is 4. The molecule has 3 spiro atoms. The summed E-state index contributed by atoms with van der Waals surface area (Å²) < 4.78 is 25.9. The smallest absolute Gasteiger partial charge is 0.186 e. The minimum atomic E-state index is -1.31. The zero-order valence-electron chi connectivity index (χ0n) is 27.7. The van der Waals surface area contributed by atoms with Crippen molar-refractivity contribution in [3.63, 3.8) is 0 Å². The van der Waals surface area contributed by atoms with Crippen molar-refractivity contribution >= 4 is 0 Å². The third-order valence-corrected chi connectivity index (χ3v) is 15.7. The van der Waals surface area contributed by atoms with E-state index in [1.165, 1.54) is 0 Å². The van der Waals surface area contributed by atoms with Crippen LogP contribution in [0.5, 0.6) is 0 Å². The van der Waals surface area contributed by atoms with E-state index in [0.717, 1.165) is 44.9 Å². The summed E-state index contributed by atoms with van der Waals surface area (Å²) >= 11 is 0. The minimum Gasteiger partial charge on any atom is -0.393 e. The highest BCUT2D eigenvalue weighted by Crippen LogP contribution is 2.90. The lowest BCUT2D eigenvalue weighted by molar-refractivity contribution is -0.304. The minimum absolute atomic E-state index is 0.0465. The lowest BCUT2D eigenvalue weighted by atomic mass is 9.41. The van der Waals surface area contributed by atoms with Gasteiger partial charge >= 0.3 is 0 Å². The van der Waals surface area contributed by atoms with Crippen LogP contribution in [0.15, 0.2) is 0 Å². The van der Waals surface area contributed by atoms with Gasteiger partial charge in [-0.2, -0.15) is 0 Å². The third-order valence-electron chi connectivity index (χ3n) is 15.7. The van der Waals surface area contributed by atoms with Crippen molar-refractivity contribution in [2.24, 2.45) is 50.7 Å². The van der Waals surface area contributed by atoms with E-state index >= 15 is 0 Å². The summed E-state index contributed by atoms with van der Waals surface area (Å²) in [6.45, 7) is 15.4. The molecule has 8 fully saturated rings. The van der Waals surface area contributed by atoms with Crippen LogP contribution < -0.4 is 0 Å². The maximum absolute atomic E-state index is 12.4. The Morgan fingerprint density at radius 1 is 0.795 bits per heavy atom. The van der Waals surface area contributed by atoms with Crippen molar-refractivity contribution in [1.82, 2.24) is 0 Å². The zero-order chi connectivity index (χ0) is 31.6. The van der Waals surface area contributed by atoms with Gasteiger partial charge in [-0.15, -0.1) is 0 Å². The Hall–Kier alpha value is -0.360. The summed E-state index contributed by atoms with van der Waals surface area (Å²) in [5.41, 5.74) is -1.28. The topological polar surface area (TPSA) is 138 Å². The molecule has 5 aliphatic carbocycles. The lowest BCUT2D eigenvalue weighted by Gasteiger charge is -2.64. The molecule has 8 aliphatic rings. The second-order valence-electron chi connectivity index (χ2n) is 18.4. The molecule has 9 nitrogen and oxygen atoms in total. The monoisotopic (exact) mass is 620 g/mol. The maximum atomic E-state index is 12.4. The summed E-state index contributed by atoms with van der Waals surface area (Å²) in [5.74, 6) is 0.319. The number of aliphatic hydroxyl groups is 5. The van der Waals surface area contributed by atoms with Gasteiger partial charge in [0.05, 0.1) is 30.5 Å². The van der Waals surface area contributed by atoms with Crippen LogP contribution in [0.3, 0.4) is 0 Å². The molecular formula is C35H56O9. The molecule has 3 aliphatic heterocycles. The summed E-state index contributed by atoms with van der Waals surface area (Å²) in [7, 11) is 0. The highest BCUT2D eigenvalue weighted by Gasteiger charge is 2.87. The Kier molecular flexibility index (Phi) is 6.33. The van der Waals surface area contributed by atoms with Crippen molar-refractivity contribution in [2.45, 2.75) is 160 Å². The van der Waals surface area contributed by atoms with Gasteiger partial charge in [-0.3, -0.25) is 0 Å². The summed E-state index contributed by atoms with van der Waals surface area (Å²) in [5, 5.41) is 54.2. The molecule has 0 unspecified atom stereocenters. The molecular weight excluding hydrogens is 564 g/mol. The van der Waals surface area contributed by atoms with Crippen molar-refractivity contribution in [2.75, 3.05) is 6.61 Å². The van der Waals surface area contributed by atoms with Gasteiger partial charge in [0.15, 0.2) is 12.1 Å². The van der Waals surface area contributed by atoms with E-state index in [4.69, 9.17) is 18.9 Å². The zero-order valence-corrected chi connectivity index (χ0v) is 27.7. The molecule has 0 aromatic heterocycles. The number of rotatable bonds is 3. The van der Waals surface area contributed by atoms with Crippen LogP contribution >= 0.6 is 0 Å². The number of aliphatic hydroxyl groups excluding tert-OH is 4. The Bertz CT molecular complexity index is 1200. The quantitative estimate of drug-likeness (QED) is 0.301. The van der Waals surface area contributed by atoms with Gasteiger partial charge in [0.25, 0.3) is 0 Å². The first-order valence-corrected chi connectivity index (χ1v) is 17.4. The van der Waals surface area contributed by atoms with E-state index in [0.29, 0.717) is 12.3 Å². The van der Waals surface area contributed by atoms with Gasteiger partial charge in [-0.05, 0) is 104 Å². The Balaban J connectivity index is 1.10. The standard InChI is InChI=1S/C35H56O9/c1-17-12-20-27(30(4,5)40)44-35(43-20)15-32(7)26-18(36)13-21-29(2,3)22(42-28-24(39)23(38)19(37)14-41-28)8-9-33(21)16-34(26,33)11-10-31(32,6)25(17)35/h17-28,36-40H,8-16H2,1-7H3/t17-,18+,19-,20-,21+,22+,23-,24-,25-,26+,27+,28-,31-,32+,33-,34+,35-/m1/s1. The van der Waals surface area contributed by atoms with E-state index in [-0.39, 0.29) is 69.7 Å². The van der Waals surface area contributed by atoms with Crippen molar-refractivity contribution in [3.05, 3.63) is 0 Å².